The summed E-state index contributed by atoms with van der Waals surface area (Å²) in [6.45, 7) is 4.83. The second-order valence-electron chi connectivity index (χ2n) is 7.11. The predicted molar refractivity (Wildman–Crippen MR) is 84.8 cm³/mol. The van der Waals surface area contributed by atoms with Gasteiger partial charge in [-0.3, -0.25) is 4.90 Å². The molecule has 1 saturated carbocycles. The van der Waals surface area contributed by atoms with Gasteiger partial charge < -0.3 is 5.32 Å². The van der Waals surface area contributed by atoms with Gasteiger partial charge in [-0.2, -0.15) is 0 Å². The molecule has 2 unspecified atom stereocenters. The molecule has 0 aromatic carbocycles. The minimum atomic E-state index is -3.02. The highest BCUT2D eigenvalue weighted by Gasteiger charge is 2.34. The van der Waals surface area contributed by atoms with E-state index < -0.39 is 10.0 Å². The van der Waals surface area contributed by atoms with Crippen LogP contribution in [0, 0.1) is 5.92 Å². The smallest absolute Gasteiger partial charge is 0.211 e. The van der Waals surface area contributed by atoms with Crippen LogP contribution in [0.4, 0.5) is 0 Å². The molecule has 0 spiro atoms. The lowest BCUT2D eigenvalue weighted by Gasteiger charge is -2.35. The molecule has 0 amide bonds. The van der Waals surface area contributed by atoms with Gasteiger partial charge in [0, 0.05) is 38.3 Å². The van der Waals surface area contributed by atoms with E-state index in [0.717, 1.165) is 38.6 Å². The standard InChI is InChI=1S/C15H29N3O2S/c1-21(19,20)18-9-3-4-13(11-18)10-17(15-6-7-15)12-14-5-2-8-16-14/h13-16H,2-12H2,1H3. The molecular weight excluding hydrogens is 286 g/mol. The van der Waals surface area contributed by atoms with Crippen LogP contribution in [0.5, 0.6) is 0 Å². The van der Waals surface area contributed by atoms with Crippen LogP contribution in [-0.4, -0.2) is 68.7 Å². The first-order chi connectivity index (χ1) is 10.0. The Morgan fingerprint density at radius 2 is 1.95 bits per heavy atom. The maximum absolute atomic E-state index is 11.7. The average molecular weight is 315 g/mol. The van der Waals surface area contributed by atoms with Gasteiger partial charge in [0.05, 0.1) is 6.26 Å². The monoisotopic (exact) mass is 315 g/mol. The summed E-state index contributed by atoms with van der Waals surface area (Å²) < 4.78 is 25.2. The molecule has 5 nitrogen and oxygen atoms in total. The zero-order chi connectivity index (χ0) is 14.9. The number of nitrogens with zero attached hydrogens (tertiary/aromatic N) is 2. The fraction of sp³-hybridized carbons (Fsp3) is 1.00. The van der Waals surface area contributed by atoms with Gasteiger partial charge in [0.25, 0.3) is 0 Å². The van der Waals surface area contributed by atoms with Crippen molar-refractivity contribution in [3.8, 4) is 0 Å². The van der Waals surface area contributed by atoms with Crippen LogP contribution in [0.3, 0.4) is 0 Å². The third kappa shape index (κ3) is 4.41. The first kappa shape index (κ1) is 15.7. The Morgan fingerprint density at radius 1 is 1.14 bits per heavy atom. The van der Waals surface area contributed by atoms with E-state index in [1.165, 1.54) is 38.4 Å². The summed E-state index contributed by atoms with van der Waals surface area (Å²) in [5, 5.41) is 3.59. The van der Waals surface area contributed by atoms with Crippen LogP contribution in [0.1, 0.15) is 38.5 Å². The summed E-state index contributed by atoms with van der Waals surface area (Å²) in [6.07, 6.45) is 8.78. The van der Waals surface area contributed by atoms with E-state index in [-0.39, 0.29) is 0 Å². The van der Waals surface area contributed by atoms with Crippen LogP contribution in [-0.2, 0) is 10.0 Å². The number of hydrogen-bond acceptors (Lipinski definition) is 4. The van der Waals surface area contributed by atoms with E-state index in [1.807, 2.05) is 0 Å². The third-order valence-electron chi connectivity index (χ3n) is 5.12. The molecule has 3 rings (SSSR count). The quantitative estimate of drug-likeness (QED) is 0.790. The summed E-state index contributed by atoms with van der Waals surface area (Å²) in [7, 11) is -3.02. The molecule has 3 fully saturated rings. The molecule has 0 aromatic rings. The topological polar surface area (TPSA) is 52.7 Å². The van der Waals surface area contributed by atoms with Gasteiger partial charge in [0.2, 0.25) is 10.0 Å². The van der Waals surface area contributed by atoms with Crippen LogP contribution < -0.4 is 5.32 Å². The molecule has 0 radical (unpaired) electrons. The first-order valence-electron chi connectivity index (χ1n) is 8.45. The van der Waals surface area contributed by atoms with Crippen LogP contribution >= 0.6 is 0 Å². The average Bonchev–Trinajstić information content (AvgIpc) is 3.16. The molecule has 3 aliphatic rings. The van der Waals surface area contributed by atoms with E-state index in [1.54, 1.807) is 4.31 Å². The van der Waals surface area contributed by atoms with Crippen molar-refractivity contribution in [3.63, 3.8) is 0 Å². The normalized spacial score (nSPS) is 31.9. The van der Waals surface area contributed by atoms with Gasteiger partial charge in [-0.05, 0) is 51.0 Å². The van der Waals surface area contributed by atoms with Crippen molar-refractivity contribution in [3.05, 3.63) is 0 Å². The zero-order valence-electron chi connectivity index (χ0n) is 13.1. The minimum absolute atomic E-state index is 0.510. The van der Waals surface area contributed by atoms with Gasteiger partial charge in [0.15, 0.2) is 0 Å². The van der Waals surface area contributed by atoms with Crippen molar-refractivity contribution in [2.24, 2.45) is 5.92 Å². The van der Waals surface area contributed by atoms with Crippen molar-refractivity contribution in [1.82, 2.24) is 14.5 Å². The molecule has 0 bridgehead atoms. The highest BCUT2D eigenvalue weighted by atomic mass is 32.2. The van der Waals surface area contributed by atoms with Crippen LogP contribution in [0.2, 0.25) is 0 Å². The highest BCUT2D eigenvalue weighted by Crippen LogP contribution is 2.30. The Morgan fingerprint density at radius 3 is 2.57 bits per heavy atom. The molecule has 2 saturated heterocycles. The Balaban J connectivity index is 1.54. The Labute approximate surface area is 129 Å². The second kappa shape index (κ2) is 6.52. The minimum Gasteiger partial charge on any atom is -0.313 e. The van der Waals surface area contributed by atoms with E-state index >= 15 is 0 Å². The van der Waals surface area contributed by atoms with Crippen molar-refractivity contribution in [2.75, 3.05) is 39.0 Å². The van der Waals surface area contributed by atoms with Crippen molar-refractivity contribution in [1.29, 1.82) is 0 Å². The molecule has 1 aliphatic carbocycles. The molecule has 0 aromatic heterocycles. The molecule has 1 N–H and O–H groups in total. The van der Waals surface area contributed by atoms with E-state index in [0.29, 0.717) is 18.5 Å². The van der Waals surface area contributed by atoms with E-state index in [2.05, 4.69) is 10.2 Å². The van der Waals surface area contributed by atoms with Gasteiger partial charge in [-0.15, -0.1) is 0 Å². The number of piperidine rings is 1. The molecule has 2 heterocycles. The zero-order valence-corrected chi connectivity index (χ0v) is 13.9. The molecule has 2 atom stereocenters. The van der Waals surface area contributed by atoms with Gasteiger partial charge in [-0.25, -0.2) is 12.7 Å². The van der Waals surface area contributed by atoms with Crippen LogP contribution in [0.15, 0.2) is 0 Å². The largest absolute Gasteiger partial charge is 0.313 e. The SMILES string of the molecule is CS(=O)(=O)N1CCCC(CN(CC2CCCN2)C2CC2)C1. The number of hydrogen-bond donors (Lipinski definition) is 1. The predicted octanol–water partition coefficient (Wildman–Crippen LogP) is 0.874. The molecule has 6 heteroatoms. The lowest BCUT2D eigenvalue weighted by atomic mass is 9.98. The molecule has 2 aliphatic heterocycles. The van der Waals surface area contributed by atoms with Gasteiger partial charge in [0.1, 0.15) is 0 Å². The second-order valence-corrected chi connectivity index (χ2v) is 9.09. The van der Waals surface area contributed by atoms with Crippen LogP contribution in [0.25, 0.3) is 0 Å². The van der Waals surface area contributed by atoms with E-state index in [4.69, 9.17) is 0 Å². The summed E-state index contributed by atoms with van der Waals surface area (Å²) in [6, 6.07) is 1.42. The van der Waals surface area contributed by atoms with E-state index in [9.17, 15) is 8.42 Å². The fourth-order valence-electron chi connectivity index (χ4n) is 3.82. The fourth-order valence-corrected chi connectivity index (χ4v) is 4.76. The Kier molecular flexibility index (Phi) is 4.88. The summed E-state index contributed by atoms with van der Waals surface area (Å²) in [5.41, 5.74) is 0. The van der Waals surface area contributed by atoms with Gasteiger partial charge in [-0.1, -0.05) is 0 Å². The Bertz CT molecular complexity index is 444. The highest BCUT2D eigenvalue weighted by molar-refractivity contribution is 7.88. The molecular formula is C15H29N3O2S. The van der Waals surface area contributed by atoms with Gasteiger partial charge >= 0.3 is 0 Å². The molecule has 122 valence electrons. The van der Waals surface area contributed by atoms with Crippen molar-refractivity contribution >= 4 is 10.0 Å². The first-order valence-corrected chi connectivity index (χ1v) is 10.3. The number of rotatable bonds is 6. The summed E-state index contributed by atoms with van der Waals surface area (Å²) >= 11 is 0. The lowest BCUT2D eigenvalue weighted by molar-refractivity contribution is 0.162. The third-order valence-corrected chi connectivity index (χ3v) is 6.39. The number of nitrogens with one attached hydrogen (secondary N) is 1. The maximum Gasteiger partial charge on any atom is 0.211 e. The maximum atomic E-state index is 11.7. The number of sulfonamides is 1. The molecule has 21 heavy (non-hydrogen) atoms. The summed E-state index contributed by atoms with van der Waals surface area (Å²) in [5.74, 6) is 0.510. The van der Waals surface area contributed by atoms with Crippen molar-refractivity contribution < 1.29 is 8.42 Å². The summed E-state index contributed by atoms with van der Waals surface area (Å²) in [4.78, 5) is 2.64. The Hall–Kier alpha value is -0.170. The van der Waals surface area contributed by atoms with Crippen molar-refractivity contribution in [2.45, 2.75) is 50.6 Å². The lowest BCUT2D eigenvalue weighted by Crippen LogP contribution is -2.46.